The molecule has 0 fully saturated rings. The first kappa shape index (κ1) is 17.5. The molecule has 2 amide bonds. The maximum absolute atomic E-state index is 12.0. The molecule has 1 aliphatic rings. The first-order chi connectivity index (χ1) is 10.9. The lowest BCUT2D eigenvalue weighted by atomic mass is 10.4. The van der Waals surface area contributed by atoms with Gasteiger partial charge in [-0.3, -0.25) is 9.59 Å². The molecule has 0 aliphatic carbocycles. The first-order valence-electron chi connectivity index (χ1n) is 6.93. The van der Waals surface area contributed by atoms with Crippen LogP contribution < -0.4 is 5.32 Å². The van der Waals surface area contributed by atoms with E-state index in [1.165, 1.54) is 16.7 Å². The number of nitrogens with zero attached hydrogens (tertiary/aromatic N) is 2. The minimum absolute atomic E-state index is 0.0830. The number of carbonyl (C=O) groups excluding carboxylic acids is 3. The summed E-state index contributed by atoms with van der Waals surface area (Å²) < 4.78 is 5.13. The van der Waals surface area contributed by atoms with Crippen molar-refractivity contribution >= 4 is 46.0 Å². The molecule has 0 radical (unpaired) electrons. The van der Waals surface area contributed by atoms with Gasteiger partial charge >= 0.3 is 5.97 Å². The van der Waals surface area contributed by atoms with E-state index in [0.29, 0.717) is 21.5 Å². The van der Waals surface area contributed by atoms with E-state index >= 15 is 0 Å². The van der Waals surface area contributed by atoms with E-state index in [4.69, 9.17) is 4.74 Å². The Hall–Kier alpha value is -1.87. The summed E-state index contributed by atoms with van der Waals surface area (Å²) in [7, 11) is 0. The van der Waals surface area contributed by atoms with Crippen LogP contribution in [0.1, 0.15) is 29.2 Å². The second kappa shape index (κ2) is 7.60. The lowest BCUT2D eigenvalue weighted by Gasteiger charge is -2.19. The summed E-state index contributed by atoms with van der Waals surface area (Å²) in [5.74, 6) is -0.621. The van der Waals surface area contributed by atoms with Gasteiger partial charge < -0.3 is 15.0 Å². The van der Waals surface area contributed by atoms with Gasteiger partial charge in [0.05, 0.1) is 17.6 Å². The molecule has 9 heteroatoms. The molecule has 0 unspecified atom stereocenters. The molecule has 0 bridgehead atoms. The Morgan fingerprint density at radius 1 is 1.48 bits per heavy atom. The van der Waals surface area contributed by atoms with Crippen molar-refractivity contribution in [3.8, 4) is 0 Å². The fourth-order valence-electron chi connectivity index (χ4n) is 1.76. The van der Waals surface area contributed by atoms with Gasteiger partial charge in [-0.25, -0.2) is 9.78 Å². The van der Waals surface area contributed by atoms with Crippen molar-refractivity contribution in [1.82, 2.24) is 9.88 Å². The Bertz CT molecular complexity index is 654. The number of nitrogens with one attached hydrogen (secondary N) is 1. The summed E-state index contributed by atoms with van der Waals surface area (Å²) in [6, 6.07) is 0. The van der Waals surface area contributed by atoms with Crippen LogP contribution >= 0.6 is 23.1 Å². The first-order valence-corrected chi connectivity index (χ1v) is 8.79. The van der Waals surface area contributed by atoms with E-state index in [0.717, 1.165) is 11.3 Å². The fourth-order valence-corrected chi connectivity index (χ4v) is 3.27. The molecule has 1 aliphatic heterocycles. The fraction of sp³-hybridized carbons (Fsp3) is 0.429. The Morgan fingerprint density at radius 2 is 2.22 bits per heavy atom. The predicted octanol–water partition coefficient (Wildman–Crippen LogP) is 2.00. The van der Waals surface area contributed by atoms with Gasteiger partial charge in [0.2, 0.25) is 11.8 Å². The number of thiazole rings is 1. The van der Waals surface area contributed by atoms with Crippen LogP contribution in [0.25, 0.3) is 0 Å². The van der Waals surface area contributed by atoms with Crippen molar-refractivity contribution in [2.24, 2.45) is 0 Å². The zero-order chi connectivity index (χ0) is 17.0. The van der Waals surface area contributed by atoms with Gasteiger partial charge in [-0.1, -0.05) is 11.3 Å². The van der Waals surface area contributed by atoms with E-state index in [9.17, 15) is 14.4 Å². The largest absolute Gasteiger partial charge is 0.459 e. The molecule has 0 saturated carbocycles. The summed E-state index contributed by atoms with van der Waals surface area (Å²) in [5.41, 5.74) is 0.501. The number of anilines is 1. The number of hydrogen-bond donors (Lipinski definition) is 1. The van der Waals surface area contributed by atoms with Crippen LogP contribution in [-0.2, 0) is 14.3 Å². The molecule has 7 nitrogen and oxygen atoms in total. The van der Waals surface area contributed by atoms with Gasteiger partial charge in [0, 0.05) is 6.20 Å². The van der Waals surface area contributed by atoms with Crippen LogP contribution in [0, 0.1) is 6.92 Å². The molecule has 2 rings (SSSR count). The monoisotopic (exact) mass is 355 g/mol. The molecule has 23 heavy (non-hydrogen) atoms. The number of aromatic nitrogens is 1. The van der Waals surface area contributed by atoms with E-state index in [1.807, 2.05) is 0 Å². The number of carbonyl (C=O) groups is 3. The van der Waals surface area contributed by atoms with Crippen molar-refractivity contribution in [3.63, 3.8) is 0 Å². The van der Waals surface area contributed by atoms with E-state index in [1.54, 1.807) is 32.4 Å². The quantitative estimate of drug-likeness (QED) is 0.813. The van der Waals surface area contributed by atoms with Crippen LogP contribution in [0.3, 0.4) is 0 Å². The molecule has 1 N–H and O–H groups in total. The van der Waals surface area contributed by atoms with E-state index in [2.05, 4.69) is 10.3 Å². The molecule has 1 aromatic rings. The molecule has 0 spiro atoms. The normalized spacial score (nSPS) is 14.3. The van der Waals surface area contributed by atoms with Gasteiger partial charge in [-0.05, 0) is 26.2 Å². The molecule has 124 valence electrons. The number of ether oxygens (including phenoxy) is 1. The van der Waals surface area contributed by atoms with E-state index < -0.39 is 5.97 Å². The molecule has 0 aromatic carbocycles. The number of esters is 1. The smallest absolute Gasteiger partial charge is 0.350 e. The zero-order valence-corrected chi connectivity index (χ0v) is 14.6. The summed E-state index contributed by atoms with van der Waals surface area (Å²) in [6.45, 7) is 5.12. The summed E-state index contributed by atoms with van der Waals surface area (Å²) in [5, 5.41) is 4.68. The third-order valence-electron chi connectivity index (χ3n) is 2.75. The lowest BCUT2D eigenvalue weighted by Crippen LogP contribution is -2.36. The topological polar surface area (TPSA) is 88.6 Å². The minimum atomic E-state index is -0.457. The van der Waals surface area contributed by atoms with Crippen molar-refractivity contribution in [1.29, 1.82) is 0 Å². The Balaban J connectivity index is 1.99. The zero-order valence-electron chi connectivity index (χ0n) is 13.0. The lowest BCUT2D eigenvalue weighted by molar-refractivity contribution is -0.129. The van der Waals surface area contributed by atoms with Crippen molar-refractivity contribution in [2.45, 2.75) is 26.9 Å². The average molecular weight is 355 g/mol. The van der Waals surface area contributed by atoms with Crippen LogP contribution in [-0.4, -0.2) is 46.1 Å². The van der Waals surface area contributed by atoms with Gasteiger partial charge in [-0.2, -0.15) is 0 Å². The number of amides is 2. The van der Waals surface area contributed by atoms with Crippen LogP contribution in [0.4, 0.5) is 5.13 Å². The highest BCUT2D eigenvalue weighted by atomic mass is 32.2. The van der Waals surface area contributed by atoms with Gasteiger partial charge in [0.1, 0.15) is 11.4 Å². The molecule has 0 saturated heterocycles. The van der Waals surface area contributed by atoms with Gasteiger partial charge in [-0.15, -0.1) is 11.8 Å². The summed E-state index contributed by atoms with van der Waals surface area (Å²) >= 11 is 2.44. The van der Waals surface area contributed by atoms with E-state index in [-0.39, 0.29) is 24.5 Å². The third-order valence-corrected chi connectivity index (χ3v) is 4.53. The third kappa shape index (κ3) is 4.80. The van der Waals surface area contributed by atoms with Gasteiger partial charge in [0.25, 0.3) is 0 Å². The molecule has 2 heterocycles. The Kier molecular flexibility index (Phi) is 5.78. The van der Waals surface area contributed by atoms with Crippen molar-refractivity contribution < 1.29 is 19.1 Å². The number of rotatable bonds is 5. The molecule has 0 atom stereocenters. The number of thioether (sulfide) groups is 1. The standard InChI is InChI=1S/C14H17N3O4S2/c1-8(2)21-13(20)12-9(3)15-14(23-12)16-10(18)6-17-4-5-22-7-11(17)19/h4-5,8H,6-7H2,1-3H3,(H,15,16,18). The van der Waals surface area contributed by atoms with Crippen LogP contribution in [0.2, 0.25) is 0 Å². The average Bonchev–Trinajstić information content (AvgIpc) is 2.81. The highest BCUT2D eigenvalue weighted by molar-refractivity contribution is 8.02. The molecular formula is C14H17N3O4S2. The maximum atomic E-state index is 12.0. The second-order valence-electron chi connectivity index (χ2n) is 5.05. The summed E-state index contributed by atoms with van der Waals surface area (Å²) in [6.07, 6.45) is 1.35. The minimum Gasteiger partial charge on any atom is -0.459 e. The maximum Gasteiger partial charge on any atom is 0.350 e. The molecule has 1 aromatic heterocycles. The second-order valence-corrected chi connectivity index (χ2v) is 6.95. The number of hydrogen-bond acceptors (Lipinski definition) is 7. The Morgan fingerprint density at radius 3 is 2.87 bits per heavy atom. The van der Waals surface area contributed by atoms with Crippen LogP contribution in [0.5, 0.6) is 0 Å². The SMILES string of the molecule is Cc1nc(NC(=O)CN2C=CSCC2=O)sc1C(=O)OC(C)C. The predicted molar refractivity (Wildman–Crippen MR) is 89.3 cm³/mol. The number of aryl methyl sites for hydroxylation is 1. The van der Waals surface area contributed by atoms with Crippen LogP contribution in [0.15, 0.2) is 11.6 Å². The summed E-state index contributed by atoms with van der Waals surface area (Å²) in [4.78, 5) is 41.4. The highest BCUT2D eigenvalue weighted by Gasteiger charge is 2.21. The van der Waals surface area contributed by atoms with Gasteiger partial charge in [0.15, 0.2) is 5.13 Å². The van der Waals surface area contributed by atoms with Crippen molar-refractivity contribution in [3.05, 3.63) is 22.2 Å². The Labute approximate surface area is 142 Å². The highest BCUT2D eigenvalue weighted by Crippen LogP contribution is 2.24. The van der Waals surface area contributed by atoms with Crippen molar-refractivity contribution in [2.75, 3.05) is 17.6 Å². The molecular weight excluding hydrogens is 338 g/mol.